The van der Waals surface area contributed by atoms with Gasteiger partial charge in [-0.15, -0.1) is 0 Å². The monoisotopic (exact) mass is 325 g/mol. The quantitative estimate of drug-likeness (QED) is 0.671. The number of aromatic nitrogens is 2. The second kappa shape index (κ2) is 6.72. The molecule has 0 spiro atoms. The average Bonchev–Trinajstić information content (AvgIpc) is 2.86. The molecule has 0 unspecified atom stereocenters. The molecule has 23 heavy (non-hydrogen) atoms. The van der Waals surface area contributed by atoms with Gasteiger partial charge in [0.1, 0.15) is 0 Å². The zero-order valence-electron chi connectivity index (χ0n) is 12.9. The van der Waals surface area contributed by atoms with Gasteiger partial charge in [0.15, 0.2) is 11.7 Å². The van der Waals surface area contributed by atoms with Crippen molar-refractivity contribution < 1.29 is 13.2 Å². The number of hydrogen-bond donors (Lipinski definition) is 2. The van der Waals surface area contributed by atoms with E-state index >= 15 is 0 Å². The average molecular weight is 325 g/mol. The molecule has 1 heterocycles. The Kier molecular flexibility index (Phi) is 4.92. The lowest BCUT2D eigenvalue weighted by molar-refractivity contribution is -0.142. The Balaban J connectivity index is 2.11. The number of benzene rings is 1. The minimum atomic E-state index is -4.51. The first kappa shape index (κ1) is 16.9. The normalized spacial score (nSPS) is 12.5. The van der Waals surface area contributed by atoms with Gasteiger partial charge in [-0.1, -0.05) is 19.1 Å². The fraction of sp³-hybridized carbons (Fsp3) is 0.333. The fourth-order valence-electron chi connectivity index (χ4n) is 2.12. The molecule has 0 fully saturated rings. The first-order valence-electron chi connectivity index (χ1n) is 7.05. The van der Waals surface area contributed by atoms with Crippen molar-refractivity contribution in [3.63, 3.8) is 0 Å². The van der Waals surface area contributed by atoms with Gasteiger partial charge < -0.3 is 11.1 Å². The standard InChI is InChI=1S/C15H18F3N5/c1-3-10-5-4-6-12(7-10)21-14(19)20-8-11-9-23(2)22-13(11)15(16,17)18/h4-7,9H,3,8H2,1-2H3,(H3,19,20,21). The molecule has 1 aromatic carbocycles. The molecule has 1 aromatic heterocycles. The molecule has 0 saturated carbocycles. The highest BCUT2D eigenvalue weighted by Gasteiger charge is 2.36. The number of guanidine groups is 1. The number of nitrogens with zero attached hydrogens (tertiary/aromatic N) is 3. The molecule has 0 amide bonds. The third kappa shape index (κ3) is 4.48. The van der Waals surface area contributed by atoms with Crippen LogP contribution in [0.15, 0.2) is 35.5 Å². The summed E-state index contributed by atoms with van der Waals surface area (Å²) < 4.78 is 39.6. The summed E-state index contributed by atoms with van der Waals surface area (Å²) in [6.45, 7) is 1.83. The van der Waals surface area contributed by atoms with Crippen molar-refractivity contribution >= 4 is 11.6 Å². The molecule has 0 bridgehead atoms. The first-order chi connectivity index (χ1) is 10.8. The molecule has 0 aliphatic heterocycles. The molecule has 0 saturated heterocycles. The molecule has 0 radical (unpaired) electrons. The Hall–Kier alpha value is -2.51. The van der Waals surface area contributed by atoms with Crippen LogP contribution in [0.3, 0.4) is 0 Å². The Morgan fingerprint density at radius 3 is 2.78 bits per heavy atom. The summed E-state index contributed by atoms with van der Waals surface area (Å²) >= 11 is 0. The van der Waals surface area contributed by atoms with Gasteiger partial charge in [-0.05, 0) is 24.1 Å². The maximum absolute atomic E-state index is 12.8. The van der Waals surface area contributed by atoms with Crippen LogP contribution in [0.25, 0.3) is 0 Å². The second-order valence-corrected chi connectivity index (χ2v) is 5.05. The smallest absolute Gasteiger partial charge is 0.370 e. The van der Waals surface area contributed by atoms with E-state index in [-0.39, 0.29) is 18.1 Å². The number of nitrogens with two attached hydrogens (primary N) is 1. The van der Waals surface area contributed by atoms with Crippen molar-refractivity contribution in [3.05, 3.63) is 47.3 Å². The summed E-state index contributed by atoms with van der Waals surface area (Å²) in [4.78, 5) is 3.96. The number of rotatable bonds is 4. The van der Waals surface area contributed by atoms with E-state index in [2.05, 4.69) is 15.4 Å². The van der Waals surface area contributed by atoms with Gasteiger partial charge in [0.05, 0.1) is 6.54 Å². The lowest BCUT2D eigenvalue weighted by atomic mass is 10.1. The summed E-state index contributed by atoms with van der Waals surface area (Å²) in [6, 6.07) is 7.57. The lowest BCUT2D eigenvalue weighted by Gasteiger charge is -2.08. The first-order valence-corrected chi connectivity index (χ1v) is 7.05. The summed E-state index contributed by atoms with van der Waals surface area (Å²) in [6.07, 6.45) is -2.35. The van der Waals surface area contributed by atoms with E-state index in [4.69, 9.17) is 5.73 Å². The van der Waals surface area contributed by atoms with Crippen LogP contribution in [0.4, 0.5) is 18.9 Å². The fourth-order valence-corrected chi connectivity index (χ4v) is 2.12. The van der Waals surface area contributed by atoms with Crippen molar-refractivity contribution in [1.29, 1.82) is 0 Å². The number of anilines is 1. The molecule has 124 valence electrons. The van der Waals surface area contributed by atoms with Crippen molar-refractivity contribution in [2.45, 2.75) is 26.1 Å². The van der Waals surface area contributed by atoms with Gasteiger partial charge in [0.2, 0.25) is 0 Å². The Morgan fingerprint density at radius 1 is 1.39 bits per heavy atom. The largest absolute Gasteiger partial charge is 0.435 e. The zero-order chi connectivity index (χ0) is 17.0. The number of aryl methyl sites for hydroxylation is 2. The van der Waals surface area contributed by atoms with Crippen LogP contribution < -0.4 is 11.1 Å². The molecular weight excluding hydrogens is 307 g/mol. The second-order valence-electron chi connectivity index (χ2n) is 5.05. The van der Waals surface area contributed by atoms with Crippen LogP contribution in [-0.4, -0.2) is 15.7 Å². The maximum Gasteiger partial charge on any atom is 0.435 e. The van der Waals surface area contributed by atoms with Crippen molar-refractivity contribution in [1.82, 2.24) is 9.78 Å². The number of alkyl halides is 3. The molecule has 2 aromatic rings. The molecule has 3 N–H and O–H groups in total. The number of hydrogen-bond acceptors (Lipinski definition) is 2. The third-order valence-corrected chi connectivity index (χ3v) is 3.20. The highest BCUT2D eigenvalue weighted by molar-refractivity contribution is 5.92. The predicted molar refractivity (Wildman–Crippen MR) is 83.0 cm³/mol. The van der Waals surface area contributed by atoms with E-state index in [1.807, 2.05) is 31.2 Å². The van der Waals surface area contributed by atoms with Crippen LogP contribution in [0.2, 0.25) is 0 Å². The minimum Gasteiger partial charge on any atom is -0.370 e. The van der Waals surface area contributed by atoms with Gasteiger partial charge >= 0.3 is 6.18 Å². The molecule has 0 atom stereocenters. The van der Waals surface area contributed by atoms with Crippen LogP contribution >= 0.6 is 0 Å². The Labute approximate surface area is 132 Å². The zero-order valence-corrected chi connectivity index (χ0v) is 12.9. The molecular formula is C15H18F3N5. The number of aliphatic imine (C=N–C) groups is 1. The molecule has 0 aliphatic rings. The molecule has 5 nitrogen and oxygen atoms in total. The number of nitrogens with one attached hydrogen (secondary N) is 1. The van der Waals surface area contributed by atoms with Gasteiger partial charge in [-0.2, -0.15) is 18.3 Å². The lowest BCUT2D eigenvalue weighted by Crippen LogP contribution is -2.22. The summed E-state index contributed by atoms with van der Waals surface area (Å²) in [5, 5.41) is 6.30. The number of halogens is 3. The van der Waals surface area contributed by atoms with Crippen molar-refractivity contribution in [3.8, 4) is 0 Å². The Bertz CT molecular complexity index is 703. The third-order valence-electron chi connectivity index (χ3n) is 3.20. The van der Waals surface area contributed by atoms with Crippen LogP contribution in [-0.2, 0) is 26.2 Å². The van der Waals surface area contributed by atoms with E-state index in [9.17, 15) is 13.2 Å². The highest BCUT2D eigenvalue weighted by atomic mass is 19.4. The SMILES string of the molecule is CCc1cccc(NC(N)=NCc2cn(C)nc2C(F)(F)F)c1. The minimum absolute atomic E-state index is 0.0212. The van der Waals surface area contributed by atoms with E-state index in [1.54, 1.807) is 0 Å². The van der Waals surface area contributed by atoms with Crippen LogP contribution in [0.5, 0.6) is 0 Å². The topological polar surface area (TPSA) is 68.2 Å². The van der Waals surface area contributed by atoms with Crippen LogP contribution in [0, 0.1) is 0 Å². The maximum atomic E-state index is 12.8. The van der Waals surface area contributed by atoms with Crippen LogP contribution in [0.1, 0.15) is 23.7 Å². The molecule has 2 rings (SSSR count). The summed E-state index contributed by atoms with van der Waals surface area (Å²) in [5.74, 6) is 0.0511. The summed E-state index contributed by atoms with van der Waals surface area (Å²) in [5.41, 5.74) is 6.64. The van der Waals surface area contributed by atoms with E-state index in [0.717, 1.165) is 22.4 Å². The van der Waals surface area contributed by atoms with Gasteiger partial charge in [-0.25, -0.2) is 4.99 Å². The summed E-state index contributed by atoms with van der Waals surface area (Å²) in [7, 11) is 1.43. The van der Waals surface area contributed by atoms with Gasteiger partial charge in [0.25, 0.3) is 0 Å². The molecule has 0 aliphatic carbocycles. The van der Waals surface area contributed by atoms with Crippen molar-refractivity contribution in [2.24, 2.45) is 17.8 Å². The Morgan fingerprint density at radius 2 is 2.13 bits per heavy atom. The van der Waals surface area contributed by atoms with E-state index in [1.165, 1.54) is 13.2 Å². The predicted octanol–water partition coefficient (Wildman–Crippen LogP) is 2.93. The van der Waals surface area contributed by atoms with E-state index < -0.39 is 11.9 Å². The van der Waals surface area contributed by atoms with Gasteiger partial charge in [0, 0.05) is 24.5 Å². The van der Waals surface area contributed by atoms with Gasteiger partial charge in [-0.3, -0.25) is 4.68 Å². The highest BCUT2D eigenvalue weighted by Crippen LogP contribution is 2.30. The van der Waals surface area contributed by atoms with Crippen molar-refractivity contribution in [2.75, 3.05) is 5.32 Å². The van der Waals surface area contributed by atoms with E-state index in [0.29, 0.717) is 0 Å². The molecule has 8 heteroatoms.